The van der Waals surface area contributed by atoms with Crippen LogP contribution in [0.2, 0.25) is 0 Å². The van der Waals surface area contributed by atoms with E-state index >= 15 is 0 Å². The van der Waals surface area contributed by atoms with Gasteiger partial charge in [0.05, 0.1) is 13.7 Å². The third kappa shape index (κ3) is 6.06. The van der Waals surface area contributed by atoms with E-state index in [-0.39, 0.29) is 35.8 Å². The summed E-state index contributed by atoms with van der Waals surface area (Å²) in [6.45, 7) is -1.07. The van der Waals surface area contributed by atoms with Gasteiger partial charge >= 0.3 is 6.61 Å². The number of nitrogens with two attached hydrogens (primary N) is 1. The largest absolute Gasteiger partial charge is 0.493 e. The highest BCUT2D eigenvalue weighted by Gasteiger charge is 2.25. The van der Waals surface area contributed by atoms with Crippen LogP contribution in [0.25, 0.3) is 0 Å². The zero-order chi connectivity index (χ0) is 20.0. The zero-order valence-electron chi connectivity index (χ0n) is 15.5. The van der Waals surface area contributed by atoms with Crippen molar-refractivity contribution in [2.24, 2.45) is 11.7 Å². The van der Waals surface area contributed by atoms with E-state index in [0.717, 1.165) is 5.56 Å². The molecule has 1 aliphatic heterocycles. The predicted molar refractivity (Wildman–Crippen MR) is 94.5 cm³/mol. The lowest BCUT2D eigenvalue weighted by Crippen LogP contribution is -2.43. The molecular formula is C18H25F2N3O4. The molecule has 0 saturated carbocycles. The Morgan fingerprint density at radius 2 is 1.96 bits per heavy atom. The molecule has 27 heavy (non-hydrogen) atoms. The molecule has 0 aromatic heterocycles. The topological polar surface area (TPSA) is 85.1 Å². The lowest BCUT2D eigenvalue weighted by molar-refractivity contribution is -0.132. The summed E-state index contributed by atoms with van der Waals surface area (Å²) in [5, 5.41) is 0. The SMILES string of the molecule is COc1cc(CN(C)C(=O)CN2CCC(C(N)=O)CC2)ccc1OC(F)F. The van der Waals surface area contributed by atoms with E-state index in [9.17, 15) is 18.4 Å². The fraction of sp³-hybridized carbons (Fsp3) is 0.556. The van der Waals surface area contributed by atoms with Crippen molar-refractivity contribution in [1.29, 1.82) is 0 Å². The molecule has 2 N–H and O–H groups in total. The molecule has 1 aromatic carbocycles. The number of alkyl halides is 2. The van der Waals surface area contributed by atoms with Crippen molar-refractivity contribution in [2.75, 3.05) is 33.8 Å². The van der Waals surface area contributed by atoms with Gasteiger partial charge in [-0.2, -0.15) is 8.78 Å². The highest BCUT2D eigenvalue weighted by Crippen LogP contribution is 2.29. The quantitative estimate of drug-likeness (QED) is 0.732. The smallest absolute Gasteiger partial charge is 0.387 e. The fourth-order valence-electron chi connectivity index (χ4n) is 3.05. The molecule has 7 nitrogen and oxygen atoms in total. The molecule has 0 unspecified atom stereocenters. The van der Waals surface area contributed by atoms with Gasteiger partial charge in [0.2, 0.25) is 11.8 Å². The van der Waals surface area contributed by atoms with Gasteiger partial charge in [-0.15, -0.1) is 0 Å². The highest BCUT2D eigenvalue weighted by molar-refractivity contribution is 5.78. The first-order valence-electron chi connectivity index (χ1n) is 8.67. The summed E-state index contributed by atoms with van der Waals surface area (Å²) < 4.78 is 34.2. The maximum Gasteiger partial charge on any atom is 0.387 e. The average molecular weight is 385 g/mol. The lowest BCUT2D eigenvalue weighted by Gasteiger charge is -2.31. The number of likely N-dealkylation sites (N-methyl/N-ethyl adjacent to an activating group) is 1. The van der Waals surface area contributed by atoms with E-state index in [1.165, 1.54) is 13.2 Å². The molecule has 2 rings (SSSR count). The van der Waals surface area contributed by atoms with E-state index < -0.39 is 6.61 Å². The zero-order valence-corrected chi connectivity index (χ0v) is 15.5. The molecule has 1 aromatic rings. The molecule has 9 heteroatoms. The summed E-state index contributed by atoms with van der Waals surface area (Å²) in [5.74, 6) is -0.342. The van der Waals surface area contributed by atoms with Crippen LogP contribution < -0.4 is 15.2 Å². The minimum absolute atomic E-state index is 0.0532. The third-order valence-corrected chi connectivity index (χ3v) is 4.64. The van der Waals surface area contributed by atoms with Crippen LogP contribution in [0.1, 0.15) is 18.4 Å². The normalized spacial score (nSPS) is 15.6. The van der Waals surface area contributed by atoms with Crippen LogP contribution >= 0.6 is 0 Å². The number of hydrogen-bond acceptors (Lipinski definition) is 5. The molecule has 0 spiro atoms. The van der Waals surface area contributed by atoms with Gasteiger partial charge in [0.25, 0.3) is 0 Å². The van der Waals surface area contributed by atoms with Crippen LogP contribution in [0.5, 0.6) is 11.5 Å². The summed E-state index contributed by atoms with van der Waals surface area (Å²) in [6.07, 6.45) is 1.32. The van der Waals surface area contributed by atoms with Crippen molar-refractivity contribution >= 4 is 11.8 Å². The van der Waals surface area contributed by atoms with Gasteiger partial charge in [0.15, 0.2) is 11.5 Å². The highest BCUT2D eigenvalue weighted by atomic mass is 19.3. The molecule has 1 saturated heterocycles. The first-order valence-corrected chi connectivity index (χ1v) is 8.67. The Bertz CT molecular complexity index is 664. The number of likely N-dealkylation sites (tertiary alicyclic amines) is 1. The monoisotopic (exact) mass is 385 g/mol. The Hall–Kier alpha value is -2.42. The van der Waals surface area contributed by atoms with Gasteiger partial charge in [0, 0.05) is 19.5 Å². The number of benzene rings is 1. The standard InChI is InChI=1S/C18H25F2N3O4/c1-22(16(24)11-23-7-5-13(6-8-23)17(21)25)10-12-3-4-14(27-18(19)20)15(9-12)26-2/h3-4,9,13,18H,5-8,10-11H2,1-2H3,(H2,21,25). The first-order chi connectivity index (χ1) is 12.8. The minimum atomic E-state index is -2.94. The molecule has 1 heterocycles. The van der Waals surface area contributed by atoms with Crippen molar-refractivity contribution in [3.8, 4) is 11.5 Å². The number of nitrogens with zero attached hydrogens (tertiary/aromatic N) is 2. The van der Waals surface area contributed by atoms with Crippen LogP contribution in [-0.4, -0.2) is 62.0 Å². The molecule has 150 valence electrons. The van der Waals surface area contributed by atoms with Gasteiger partial charge < -0.3 is 20.1 Å². The molecular weight excluding hydrogens is 360 g/mol. The third-order valence-electron chi connectivity index (χ3n) is 4.64. The number of ether oxygens (including phenoxy) is 2. The summed E-state index contributed by atoms with van der Waals surface area (Å²) >= 11 is 0. The van der Waals surface area contributed by atoms with Gasteiger partial charge in [-0.25, -0.2) is 0 Å². The van der Waals surface area contributed by atoms with Crippen molar-refractivity contribution < 1.29 is 27.8 Å². The second kappa shape index (κ2) is 9.50. The molecule has 1 fully saturated rings. The number of amides is 2. The van der Waals surface area contributed by atoms with Crippen LogP contribution in [0.3, 0.4) is 0 Å². The summed E-state index contributed by atoms with van der Waals surface area (Å²) in [6, 6.07) is 4.58. The van der Waals surface area contributed by atoms with Crippen LogP contribution in [0, 0.1) is 5.92 Å². The molecule has 0 bridgehead atoms. The van der Waals surface area contributed by atoms with E-state index in [4.69, 9.17) is 10.5 Å². The van der Waals surface area contributed by atoms with Gasteiger partial charge in [-0.1, -0.05) is 6.07 Å². The van der Waals surface area contributed by atoms with Gasteiger partial charge in [-0.05, 0) is 43.6 Å². The van der Waals surface area contributed by atoms with E-state index in [0.29, 0.717) is 32.5 Å². The molecule has 1 aliphatic rings. The van der Waals surface area contributed by atoms with Crippen LogP contribution in [0.15, 0.2) is 18.2 Å². The Morgan fingerprint density at radius 1 is 1.30 bits per heavy atom. The van der Waals surface area contributed by atoms with Crippen molar-refractivity contribution in [1.82, 2.24) is 9.80 Å². The van der Waals surface area contributed by atoms with Gasteiger partial charge in [-0.3, -0.25) is 14.5 Å². The number of methoxy groups -OCH3 is 1. The Balaban J connectivity index is 1.89. The second-order valence-electron chi connectivity index (χ2n) is 6.57. The second-order valence-corrected chi connectivity index (χ2v) is 6.57. The number of hydrogen-bond donors (Lipinski definition) is 1. The van der Waals surface area contributed by atoms with Crippen LogP contribution in [-0.2, 0) is 16.1 Å². The van der Waals surface area contributed by atoms with E-state index in [1.807, 2.05) is 4.90 Å². The molecule has 0 aliphatic carbocycles. The number of halogens is 2. The van der Waals surface area contributed by atoms with Crippen molar-refractivity contribution in [3.63, 3.8) is 0 Å². The molecule has 0 radical (unpaired) electrons. The van der Waals surface area contributed by atoms with Crippen molar-refractivity contribution in [3.05, 3.63) is 23.8 Å². The number of carbonyl (C=O) groups is 2. The minimum Gasteiger partial charge on any atom is -0.493 e. The summed E-state index contributed by atoms with van der Waals surface area (Å²) in [5.41, 5.74) is 6.05. The predicted octanol–water partition coefficient (Wildman–Crippen LogP) is 1.45. The number of carbonyl (C=O) groups excluding carboxylic acids is 2. The fourth-order valence-corrected chi connectivity index (χ4v) is 3.05. The number of primary amides is 1. The van der Waals surface area contributed by atoms with E-state index in [1.54, 1.807) is 24.1 Å². The van der Waals surface area contributed by atoms with Crippen molar-refractivity contribution in [2.45, 2.75) is 26.0 Å². The molecule has 0 atom stereocenters. The van der Waals surface area contributed by atoms with Crippen LogP contribution in [0.4, 0.5) is 8.78 Å². The summed E-state index contributed by atoms with van der Waals surface area (Å²) in [7, 11) is 3.04. The summed E-state index contributed by atoms with van der Waals surface area (Å²) in [4.78, 5) is 27.2. The Morgan fingerprint density at radius 3 is 2.52 bits per heavy atom. The number of rotatable bonds is 8. The molecule has 2 amide bonds. The van der Waals surface area contributed by atoms with E-state index in [2.05, 4.69) is 4.74 Å². The maximum absolute atomic E-state index is 12.4. The first kappa shape index (κ1) is 20.9. The number of piperidine rings is 1. The Labute approximate surface area is 157 Å². The lowest BCUT2D eigenvalue weighted by atomic mass is 9.96. The maximum atomic E-state index is 12.4. The average Bonchev–Trinajstić information content (AvgIpc) is 2.62. The Kier molecular flexibility index (Phi) is 7.35. The van der Waals surface area contributed by atoms with Gasteiger partial charge in [0.1, 0.15) is 0 Å².